The molecule has 20 heavy (non-hydrogen) atoms. The molecule has 2 aromatic carbocycles. The van der Waals surface area contributed by atoms with Crippen LogP contribution in [0.2, 0.25) is 0 Å². The van der Waals surface area contributed by atoms with Gasteiger partial charge in [-0.1, -0.05) is 24.3 Å². The Morgan fingerprint density at radius 2 is 1.75 bits per heavy atom. The maximum Gasteiger partial charge on any atom is 0.341 e. The van der Waals surface area contributed by atoms with E-state index in [0.29, 0.717) is 11.3 Å². The lowest BCUT2D eigenvalue weighted by molar-refractivity contribution is 0.0597. The summed E-state index contributed by atoms with van der Waals surface area (Å²) in [5.41, 5.74) is 5.38. The van der Waals surface area contributed by atoms with Crippen LogP contribution in [0.5, 0.6) is 5.75 Å². The van der Waals surface area contributed by atoms with Gasteiger partial charge in [0.25, 0.3) is 0 Å². The first-order valence-electron chi connectivity index (χ1n) is 6.62. The molecule has 0 saturated heterocycles. The minimum absolute atomic E-state index is 0.358. The number of hydrogen-bond acceptors (Lipinski definition) is 3. The van der Waals surface area contributed by atoms with E-state index in [9.17, 15) is 4.79 Å². The van der Waals surface area contributed by atoms with E-state index in [0.717, 1.165) is 18.4 Å². The van der Waals surface area contributed by atoms with Crippen molar-refractivity contribution in [1.82, 2.24) is 0 Å². The molecule has 0 radical (unpaired) electrons. The number of rotatable bonds is 2. The number of fused-ring (bicyclic) bond motifs is 3. The monoisotopic (exact) mass is 268 g/mol. The van der Waals surface area contributed by atoms with E-state index in [4.69, 9.17) is 9.47 Å². The molecule has 1 aliphatic carbocycles. The Hall–Kier alpha value is -2.29. The molecule has 0 amide bonds. The Kier molecular flexibility index (Phi) is 3.18. The van der Waals surface area contributed by atoms with E-state index in [1.807, 2.05) is 18.2 Å². The molecule has 3 nitrogen and oxygen atoms in total. The summed E-state index contributed by atoms with van der Waals surface area (Å²) in [4.78, 5) is 11.8. The van der Waals surface area contributed by atoms with Crippen molar-refractivity contribution in [1.29, 1.82) is 0 Å². The zero-order valence-electron chi connectivity index (χ0n) is 11.6. The van der Waals surface area contributed by atoms with Gasteiger partial charge in [-0.05, 0) is 47.2 Å². The van der Waals surface area contributed by atoms with Gasteiger partial charge in [-0.2, -0.15) is 0 Å². The third-order valence-corrected chi connectivity index (χ3v) is 3.80. The van der Waals surface area contributed by atoms with Crippen LogP contribution in [-0.4, -0.2) is 20.2 Å². The average Bonchev–Trinajstić information content (AvgIpc) is 2.52. The van der Waals surface area contributed by atoms with Crippen molar-refractivity contribution >= 4 is 5.97 Å². The summed E-state index contributed by atoms with van der Waals surface area (Å²) in [5, 5.41) is 0. The molecule has 2 aromatic rings. The van der Waals surface area contributed by atoms with Gasteiger partial charge in [-0.25, -0.2) is 4.79 Å². The lowest BCUT2D eigenvalue weighted by Gasteiger charge is -2.21. The molecule has 0 bridgehead atoms. The molecule has 3 heteroatoms. The molecule has 0 aromatic heterocycles. The largest absolute Gasteiger partial charge is 0.496 e. The zero-order chi connectivity index (χ0) is 14.1. The van der Waals surface area contributed by atoms with E-state index >= 15 is 0 Å². The second-order valence-electron chi connectivity index (χ2n) is 4.86. The van der Waals surface area contributed by atoms with Crippen LogP contribution < -0.4 is 4.74 Å². The Labute approximate surface area is 118 Å². The number of esters is 1. The smallest absolute Gasteiger partial charge is 0.341 e. The quantitative estimate of drug-likeness (QED) is 0.784. The first kappa shape index (κ1) is 12.7. The molecular weight excluding hydrogens is 252 g/mol. The molecule has 0 unspecified atom stereocenters. The number of aryl methyl sites for hydroxylation is 2. The first-order valence-corrected chi connectivity index (χ1v) is 6.62. The van der Waals surface area contributed by atoms with Crippen molar-refractivity contribution in [3.63, 3.8) is 0 Å². The highest BCUT2D eigenvalue weighted by Crippen LogP contribution is 2.37. The van der Waals surface area contributed by atoms with Crippen LogP contribution >= 0.6 is 0 Å². The van der Waals surface area contributed by atoms with Crippen LogP contribution in [0.15, 0.2) is 36.4 Å². The fraction of sp³-hybridized carbons (Fsp3) is 0.235. The molecule has 3 rings (SSSR count). The zero-order valence-corrected chi connectivity index (χ0v) is 11.6. The lowest BCUT2D eigenvalue weighted by Crippen LogP contribution is -2.09. The van der Waals surface area contributed by atoms with Crippen LogP contribution in [0.3, 0.4) is 0 Å². The minimum atomic E-state index is -0.358. The van der Waals surface area contributed by atoms with Gasteiger partial charge < -0.3 is 9.47 Å². The fourth-order valence-corrected chi connectivity index (χ4v) is 2.79. The van der Waals surface area contributed by atoms with Crippen LogP contribution in [0.1, 0.15) is 21.5 Å². The first-order chi connectivity index (χ1) is 9.74. The third-order valence-electron chi connectivity index (χ3n) is 3.80. The summed E-state index contributed by atoms with van der Waals surface area (Å²) in [6.07, 6.45) is 1.93. The normalized spacial score (nSPS) is 12.3. The van der Waals surface area contributed by atoms with E-state index in [-0.39, 0.29) is 5.97 Å². The molecule has 0 spiro atoms. The van der Waals surface area contributed by atoms with E-state index in [1.54, 1.807) is 7.11 Å². The Morgan fingerprint density at radius 3 is 2.50 bits per heavy atom. The van der Waals surface area contributed by atoms with Gasteiger partial charge in [0.2, 0.25) is 0 Å². The lowest BCUT2D eigenvalue weighted by atomic mass is 9.84. The molecule has 0 saturated carbocycles. The van der Waals surface area contributed by atoms with E-state index in [2.05, 4.69) is 18.2 Å². The second kappa shape index (κ2) is 5.00. The van der Waals surface area contributed by atoms with Crippen LogP contribution in [0.4, 0.5) is 0 Å². The SMILES string of the molecule is COC(=O)c1cc2c(cc1OC)-c1ccccc1CC2. The van der Waals surface area contributed by atoms with Crippen LogP contribution in [0.25, 0.3) is 11.1 Å². The summed E-state index contributed by atoms with van der Waals surface area (Å²) >= 11 is 0. The van der Waals surface area contributed by atoms with Gasteiger partial charge in [0.15, 0.2) is 0 Å². The highest BCUT2D eigenvalue weighted by atomic mass is 16.5. The Bertz CT molecular complexity index is 674. The van der Waals surface area contributed by atoms with Crippen molar-refractivity contribution < 1.29 is 14.3 Å². The molecular formula is C17H16O3. The van der Waals surface area contributed by atoms with Crippen LogP contribution in [-0.2, 0) is 17.6 Å². The minimum Gasteiger partial charge on any atom is -0.496 e. The summed E-state index contributed by atoms with van der Waals surface area (Å²) < 4.78 is 10.2. The maximum absolute atomic E-state index is 11.8. The Balaban J connectivity index is 2.19. The number of benzene rings is 2. The van der Waals surface area contributed by atoms with Crippen molar-refractivity contribution in [3.05, 3.63) is 53.1 Å². The molecule has 0 heterocycles. The van der Waals surface area contributed by atoms with Crippen LogP contribution in [0, 0.1) is 0 Å². The summed E-state index contributed by atoms with van der Waals surface area (Å²) in [6, 6.07) is 12.2. The third kappa shape index (κ3) is 1.95. The molecule has 102 valence electrons. The van der Waals surface area contributed by atoms with Gasteiger partial charge in [0.1, 0.15) is 11.3 Å². The highest BCUT2D eigenvalue weighted by Gasteiger charge is 2.21. The van der Waals surface area contributed by atoms with Gasteiger partial charge >= 0.3 is 5.97 Å². The number of carbonyl (C=O) groups excluding carboxylic acids is 1. The molecule has 0 atom stereocenters. The molecule has 0 fully saturated rings. The predicted octanol–water partition coefficient (Wildman–Crippen LogP) is 3.25. The summed E-state index contributed by atoms with van der Waals surface area (Å²) in [6.45, 7) is 0. The summed E-state index contributed by atoms with van der Waals surface area (Å²) in [5.74, 6) is 0.204. The van der Waals surface area contributed by atoms with Crippen molar-refractivity contribution in [2.45, 2.75) is 12.8 Å². The van der Waals surface area contributed by atoms with Crippen molar-refractivity contribution in [2.24, 2.45) is 0 Å². The van der Waals surface area contributed by atoms with Gasteiger partial charge in [-0.3, -0.25) is 0 Å². The average molecular weight is 268 g/mol. The highest BCUT2D eigenvalue weighted by molar-refractivity contribution is 5.94. The number of carbonyl (C=O) groups is 1. The maximum atomic E-state index is 11.8. The van der Waals surface area contributed by atoms with E-state index < -0.39 is 0 Å². The number of ether oxygens (including phenoxy) is 2. The van der Waals surface area contributed by atoms with Crippen molar-refractivity contribution in [3.8, 4) is 16.9 Å². The molecule has 0 N–H and O–H groups in total. The second-order valence-corrected chi connectivity index (χ2v) is 4.86. The van der Waals surface area contributed by atoms with Gasteiger partial charge in [0.05, 0.1) is 14.2 Å². The predicted molar refractivity (Wildman–Crippen MR) is 77.2 cm³/mol. The van der Waals surface area contributed by atoms with E-state index in [1.165, 1.54) is 23.8 Å². The van der Waals surface area contributed by atoms with Gasteiger partial charge in [0, 0.05) is 0 Å². The topological polar surface area (TPSA) is 35.5 Å². The standard InChI is InChI=1S/C17H16O3/c1-19-16-10-14-12(9-15(16)17(18)20-2)8-7-11-5-3-4-6-13(11)14/h3-6,9-10H,7-8H2,1-2H3. The fourth-order valence-electron chi connectivity index (χ4n) is 2.79. The molecule has 0 aliphatic heterocycles. The molecule has 1 aliphatic rings. The van der Waals surface area contributed by atoms with Gasteiger partial charge in [-0.15, -0.1) is 0 Å². The van der Waals surface area contributed by atoms with Crippen molar-refractivity contribution in [2.75, 3.05) is 14.2 Å². The summed E-state index contributed by atoms with van der Waals surface area (Å²) in [7, 11) is 2.96. The number of hydrogen-bond donors (Lipinski definition) is 0. The Morgan fingerprint density at radius 1 is 1.00 bits per heavy atom. The number of methoxy groups -OCH3 is 2.